The summed E-state index contributed by atoms with van der Waals surface area (Å²) in [5.74, 6) is 5.04. The van der Waals surface area contributed by atoms with Gasteiger partial charge in [-0.25, -0.2) is 0 Å². The summed E-state index contributed by atoms with van der Waals surface area (Å²) >= 11 is 0. The molecule has 0 heterocycles. The molecule has 4 aliphatic rings. The van der Waals surface area contributed by atoms with Gasteiger partial charge in [-0.1, -0.05) is 169 Å². The predicted molar refractivity (Wildman–Crippen MR) is 204 cm³/mol. The van der Waals surface area contributed by atoms with Crippen LogP contribution < -0.4 is 0 Å². The molecule has 0 spiro atoms. The fourth-order valence-corrected chi connectivity index (χ4v) is 11.8. The van der Waals surface area contributed by atoms with Crippen LogP contribution in [0.1, 0.15) is 208 Å². The average Bonchev–Trinajstić information content (AvgIpc) is 3.40. The molecule has 4 aliphatic carbocycles. The van der Waals surface area contributed by atoms with Crippen molar-refractivity contribution in [3.63, 3.8) is 0 Å². The monoisotopic (exact) mass is 655 g/mol. The number of aliphatic hydroxyl groups excluding tert-OH is 1. The predicted octanol–water partition coefficient (Wildman–Crippen LogP) is 13.6. The molecule has 0 amide bonds. The Morgan fingerprint density at radius 3 is 1.94 bits per heavy atom. The second kappa shape index (κ2) is 19.9. The Hall–Kier alpha value is -0.340. The fraction of sp³-hybridized carbons (Fsp3) is 0.956. The van der Waals surface area contributed by atoms with E-state index in [1.807, 2.05) is 0 Å². The molecule has 0 radical (unpaired) electrons. The van der Waals surface area contributed by atoms with Gasteiger partial charge in [-0.15, -0.1) is 0 Å². The zero-order valence-corrected chi connectivity index (χ0v) is 32.6. The van der Waals surface area contributed by atoms with Crippen molar-refractivity contribution in [3.05, 3.63) is 11.6 Å². The summed E-state index contributed by atoms with van der Waals surface area (Å²) in [5, 5.41) is 10.9. The van der Waals surface area contributed by atoms with E-state index in [2.05, 4.69) is 47.6 Å². The van der Waals surface area contributed by atoms with E-state index in [4.69, 9.17) is 4.74 Å². The summed E-state index contributed by atoms with van der Waals surface area (Å²) < 4.78 is 6.85. The van der Waals surface area contributed by atoms with Crippen LogP contribution in [0.15, 0.2) is 11.6 Å². The van der Waals surface area contributed by atoms with Crippen molar-refractivity contribution in [1.82, 2.24) is 0 Å². The van der Waals surface area contributed by atoms with Gasteiger partial charge in [0.2, 0.25) is 0 Å². The quantitative estimate of drug-likeness (QED) is 0.0877. The standard InChI is InChI=1S/C45H82O2/c1-7-8-9-10-11-12-13-14-15-16-17-18-19-20-21-22-32-47-43-34-38(46)33-37-26-27-39-41-29-28-40(36(4)25-23-24-35(2)3)44(41,5)31-30-42(39)45(37,43)6/h26,35-36,38-43,46H,7-25,27-34H2,1-6H3/t36-,38-,39+,40-,41+,42+,43?,44-,45+/m1/s1. The van der Waals surface area contributed by atoms with Crippen LogP contribution in [0.2, 0.25) is 0 Å². The molecule has 1 unspecified atom stereocenters. The Morgan fingerprint density at radius 1 is 0.745 bits per heavy atom. The number of aliphatic hydroxyl groups is 1. The summed E-state index contributed by atoms with van der Waals surface area (Å²) in [7, 11) is 0. The lowest BCUT2D eigenvalue weighted by Gasteiger charge is -2.60. The van der Waals surface area contributed by atoms with Gasteiger partial charge < -0.3 is 9.84 Å². The second-order valence-corrected chi connectivity index (χ2v) is 18.4. The van der Waals surface area contributed by atoms with Crippen LogP contribution in [-0.4, -0.2) is 23.9 Å². The summed E-state index contributed by atoms with van der Waals surface area (Å²) in [6.07, 6.45) is 38.0. The highest BCUT2D eigenvalue weighted by atomic mass is 16.5. The van der Waals surface area contributed by atoms with E-state index in [1.165, 1.54) is 154 Å². The molecule has 0 aliphatic heterocycles. The molecule has 3 fully saturated rings. The van der Waals surface area contributed by atoms with Gasteiger partial charge in [0.15, 0.2) is 0 Å². The van der Waals surface area contributed by atoms with Gasteiger partial charge in [0.1, 0.15) is 0 Å². The maximum atomic E-state index is 10.9. The first-order valence-electron chi connectivity index (χ1n) is 21.7. The van der Waals surface area contributed by atoms with Crippen molar-refractivity contribution < 1.29 is 9.84 Å². The molecule has 47 heavy (non-hydrogen) atoms. The Balaban J connectivity index is 1.16. The topological polar surface area (TPSA) is 29.5 Å². The highest BCUT2D eigenvalue weighted by Gasteiger charge is 2.61. The van der Waals surface area contributed by atoms with Gasteiger partial charge >= 0.3 is 0 Å². The smallest absolute Gasteiger partial charge is 0.0693 e. The van der Waals surface area contributed by atoms with Crippen LogP contribution in [0, 0.1) is 46.3 Å². The summed E-state index contributed by atoms with van der Waals surface area (Å²) in [5.41, 5.74) is 2.20. The van der Waals surface area contributed by atoms with Crippen LogP contribution in [0.4, 0.5) is 0 Å². The molecule has 3 saturated carbocycles. The maximum Gasteiger partial charge on any atom is 0.0693 e. The number of unbranched alkanes of at least 4 members (excludes halogenated alkanes) is 15. The van der Waals surface area contributed by atoms with E-state index in [-0.39, 0.29) is 17.6 Å². The molecule has 274 valence electrons. The number of hydrogen-bond donors (Lipinski definition) is 1. The van der Waals surface area contributed by atoms with Gasteiger partial charge in [0.25, 0.3) is 0 Å². The highest BCUT2D eigenvalue weighted by Crippen LogP contribution is 2.67. The third-order valence-electron chi connectivity index (χ3n) is 14.7. The molecule has 0 saturated heterocycles. The second-order valence-electron chi connectivity index (χ2n) is 18.4. The Labute approximate surface area is 294 Å². The largest absolute Gasteiger partial charge is 0.393 e. The van der Waals surface area contributed by atoms with Crippen molar-refractivity contribution in [2.45, 2.75) is 221 Å². The average molecular weight is 655 g/mol. The minimum absolute atomic E-state index is 0.125. The van der Waals surface area contributed by atoms with E-state index in [1.54, 1.807) is 5.57 Å². The van der Waals surface area contributed by atoms with E-state index >= 15 is 0 Å². The van der Waals surface area contributed by atoms with E-state index in [0.29, 0.717) is 5.41 Å². The van der Waals surface area contributed by atoms with Gasteiger partial charge in [-0.2, -0.15) is 0 Å². The Bertz CT molecular complexity index is 892. The van der Waals surface area contributed by atoms with E-state index < -0.39 is 0 Å². The van der Waals surface area contributed by atoms with Gasteiger partial charge in [0.05, 0.1) is 12.2 Å². The summed E-state index contributed by atoms with van der Waals surface area (Å²) in [4.78, 5) is 0. The first-order valence-corrected chi connectivity index (χ1v) is 21.7. The third kappa shape index (κ3) is 10.6. The maximum absolute atomic E-state index is 10.9. The molecule has 0 bridgehead atoms. The van der Waals surface area contributed by atoms with Crippen molar-refractivity contribution in [2.75, 3.05) is 6.61 Å². The third-order valence-corrected chi connectivity index (χ3v) is 14.7. The van der Waals surface area contributed by atoms with Crippen molar-refractivity contribution >= 4 is 0 Å². The van der Waals surface area contributed by atoms with Gasteiger partial charge in [-0.3, -0.25) is 0 Å². The number of hydrogen-bond acceptors (Lipinski definition) is 2. The van der Waals surface area contributed by atoms with Crippen LogP contribution >= 0.6 is 0 Å². The molecule has 9 atom stereocenters. The lowest BCUT2D eigenvalue weighted by Crippen LogP contribution is -2.56. The summed E-state index contributed by atoms with van der Waals surface area (Å²) in [6, 6.07) is 0. The first-order chi connectivity index (χ1) is 22.7. The minimum Gasteiger partial charge on any atom is -0.393 e. The fourth-order valence-electron chi connectivity index (χ4n) is 11.8. The van der Waals surface area contributed by atoms with Crippen LogP contribution in [0.3, 0.4) is 0 Å². The van der Waals surface area contributed by atoms with E-state index in [9.17, 15) is 5.11 Å². The molecule has 2 heteroatoms. The van der Waals surface area contributed by atoms with Gasteiger partial charge in [-0.05, 0) is 85.9 Å². The van der Waals surface area contributed by atoms with Crippen LogP contribution in [-0.2, 0) is 4.74 Å². The molecular formula is C45H82O2. The normalized spacial score (nSPS) is 34.2. The van der Waals surface area contributed by atoms with Gasteiger partial charge in [0, 0.05) is 18.4 Å². The molecule has 0 aromatic rings. The van der Waals surface area contributed by atoms with Crippen LogP contribution in [0.5, 0.6) is 0 Å². The summed E-state index contributed by atoms with van der Waals surface area (Å²) in [6.45, 7) is 15.8. The molecule has 0 aromatic heterocycles. The first kappa shape index (κ1) is 39.4. The van der Waals surface area contributed by atoms with E-state index in [0.717, 1.165) is 55.0 Å². The van der Waals surface area contributed by atoms with Crippen LogP contribution in [0.25, 0.3) is 0 Å². The number of allylic oxidation sites excluding steroid dienone is 1. The zero-order chi connectivity index (χ0) is 33.7. The SMILES string of the molecule is CCCCCCCCCCCCCCCCCCOC1C[C@H](O)CC2=CC[C@H]3[C@@H]4CC[C@H]([C@H](C)CCCC(C)C)[C@@]4(C)CC[C@@H]3[C@]21C. The molecule has 2 nitrogen and oxygen atoms in total. The minimum atomic E-state index is -0.224. The zero-order valence-electron chi connectivity index (χ0n) is 32.6. The molecular weight excluding hydrogens is 572 g/mol. The molecule has 0 aromatic carbocycles. The highest BCUT2D eigenvalue weighted by molar-refractivity contribution is 5.28. The lowest BCUT2D eigenvalue weighted by molar-refractivity contribution is -0.131. The Morgan fingerprint density at radius 2 is 1.34 bits per heavy atom. The van der Waals surface area contributed by atoms with Crippen molar-refractivity contribution in [1.29, 1.82) is 0 Å². The van der Waals surface area contributed by atoms with Crippen molar-refractivity contribution in [2.24, 2.45) is 46.3 Å². The van der Waals surface area contributed by atoms with Crippen molar-refractivity contribution in [3.8, 4) is 0 Å². The lowest BCUT2D eigenvalue weighted by atomic mass is 9.46. The Kier molecular flexibility index (Phi) is 16.7. The number of ether oxygens (including phenoxy) is 1. The number of fused-ring (bicyclic) bond motifs is 5. The number of rotatable bonds is 23. The molecule has 4 rings (SSSR count). The molecule has 1 N–H and O–H groups in total.